The Bertz CT molecular complexity index is 672. The van der Waals surface area contributed by atoms with E-state index in [9.17, 15) is 23.1 Å². The molecule has 28 heavy (non-hydrogen) atoms. The number of carbonyl (C=O) groups excluding carboxylic acids is 3. The van der Waals surface area contributed by atoms with Crippen LogP contribution in [-0.4, -0.2) is 52.1 Å². The number of hydrogen-bond acceptors (Lipinski definition) is 9. The SMILES string of the molecule is C=C(C)C(=O)OCCOC(=O)CCC(=O)OC1C2C=CCC(C2)C1OS(=O)[O-]. The van der Waals surface area contributed by atoms with E-state index in [1.165, 1.54) is 6.92 Å². The van der Waals surface area contributed by atoms with Gasteiger partial charge in [-0.05, 0) is 25.7 Å². The summed E-state index contributed by atoms with van der Waals surface area (Å²) >= 11 is -2.71. The highest BCUT2D eigenvalue weighted by atomic mass is 32.2. The number of ether oxygens (including phenoxy) is 3. The molecule has 0 aromatic carbocycles. The van der Waals surface area contributed by atoms with Gasteiger partial charge in [-0.25, -0.2) is 9.00 Å². The smallest absolute Gasteiger partial charge is 0.333 e. The lowest BCUT2D eigenvalue weighted by Gasteiger charge is -2.25. The van der Waals surface area contributed by atoms with Crippen LogP contribution in [0.4, 0.5) is 0 Å². The molecule has 10 heteroatoms. The highest BCUT2D eigenvalue weighted by Crippen LogP contribution is 2.42. The van der Waals surface area contributed by atoms with Crippen LogP contribution in [0, 0.1) is 11.8 Å². The molecule has 0 aliphatic heterocycles. The number of hydrogen-bond donors (Lipinski definition) is 0. The largest absolute Gasteiger partial charge is 0.750 e. The first-order valence-corrected chi connectivity index (χ1v) is 9.88. The summed E-state index contributed by atoms with van der Waals surface area (Å²) in [6.07, 6.45) is 3.32. The topological polar surface area (TPSA) is 128 Å². The molecule has 156 valence electrons. The van der Waals surface area contributed by atoms with Crippen LogP contribution in [0.5, 0.6) is 0 Å². The maximum atomic E-state index is 12.1. The van der Waals surface area contributed by atoms with Crippen LogP contribution in [0.25, 0.3) is 0 Å². The Hall–Kier alpha value is -2.04. The van der Waals surface area contributed by atoms with Crippen LogP contribution < -0.4 is 0 Å². The predicted molar refractivity (Wildman–Crippen MR) is 95.0 cm³/mol. The van der Waals surface area contributed by atoms with Crippen LogP contribution >= 0.6 is 0 Å². The van der Waals surface area contributed by atoms with Crippen LogP contribution in [0.2, 0.25) is 0 Å². The van der Waals surface area contributed by atoms with E-state index in [0.717, 1.165) is 0 Å². The Labute approximate surface area is 165 Å². The lowest BCUT2D eigenvalue weighted by atomic mass is 9.95. The molecule has 0 spiro atoms. The quantitative estimate of drug-likeness (QED) is 0.129. The average molecular weight is 415 g/mol. The molecule has 0 amide bonds. The van der Waals surface area contributed by atoms with Gasteiger partial charge in [0.25, 0.3) is 0 Å². The number of allylic oxidation sites excluding steroid dienone is 1. The molecule has 2 aliphatic rings. The second-order valence-electron chi connectivity index (χ2n) is 6.68. The molecule has 5 unspecified atom stereocenters. The lowest BCUT2D eigenvalue weighted by Crippen LogP contribution is -2.35. The standard InChI is InChI=1S/C18H24O9S/c1-11(2)18(21)25-9-8-24-14(19)6-7-15(20)26-16-12-4-3-5-13(10-12)17(16)27-28(22)23/h3-4,12-13,16-17H,1,5-10H2,2H3,(H,22,23)/p-1. The van der Waals surface area contributed by atoms with Gasteiger partial charge in [0, 0.05) is 11.5 Å². The minimum atomic E-state index is -2.71. The van der Waals surface area contributed by atoms with Gasteiger partial charge in [0.15, 0.2) is 0 Å². The summed E-state index contributed by atoms with van der Waals surface area (Å²) in [6, 6.07) is 0. The van der Waals surface area contributed by atoms with Crippen molar-refractivity contribution in [1.29, 1.82) is 0 Å². The normalized spacial score (nSPS) is 26.4. The maximum absolute atomic E-state index is 12.1. The van der Waals surface area contributed by atoms with E-state index in [-0.39, 0.29) is 43.5 Å². The minimum absolute atomic E-state index is 0.0300. The molecular formula is C18H23O9S-. The van der Waals surface area contributed by atoms with E-state index < -0.39 is 41.5 Å². The van der Waals surface area contributed by atoms with Crippen molar-refractivity contribution < 1.29 is 41.5 Å². The summed E-state index contributed by atoms with van der Waals surface area (Å²) in [5.74, 6) is -1.99. The van der Waals surface area contributed by atoms with E-state index in [1.54, 1.807) is 0 Å². The van der Waals surface area contributed by atoms with Crippen molar-refractivity contribution in [3.05, 3.63) is 24.3 Å². The fraction of sp³-hybridized carbons (Fsp3) is 0.611. The van der Waals surface area contributed by atoms with Crippen molar-refractivity contribution >= 4 is 29.3 Å². The van der Waals surface area contributed by atoms with Gasteiger partial charge in [0.05, 0.1) is 24.2 Å². The number of carbonyl (C=O) groups is 3. The van der Waals surface area contributed by atoms with Gasteiger partial charge >= 0.3 is 17.9 Å². The zero-order chi connectivity index (χ0) is 20.7. The van der Waals surface area contributed by atoms with E-state index in [1.807, 2.05) is 12.2 Å². The monoisotopic (exact) mass is 415 g/mol. The minimum Gasteiger partial charge on any atom is -0.750 e. The zero-order valence-electron chi connectivity index (χ0n) is 15.5. The first-order chi connectivity index (χ1) is 13.3. The van der Waals surface area contributed by atoms with Crippen LogP contribution in [0.3, 0.4) is 0 Å². The second-order valence-corrected chi connectivity index (χ2v) is 7.28. The molecule has 5 atom stereocenters. The molecule has 1 saturated carbocycles. The molecule has 0 N–H and O–H groups in total. The Morgan fingerprint density at radius 3 is 2.50 bits per heavy atom. The summed E-state index contributed by atoms with van der Waals surface area (Å²) in [6.45, 7) is 4.68. The van der Waals surface area contributed by atoms with E-state index in [2.05, 4.69) is 6.58 Å². The van der Waals surface area contributed by atoms with Crippen molar-refractivity contribution in [2.75, 3.05) is 13.2 Å². The first-order valence-electron chi connectivity index (χ1n) is 8.88. The Morgan fingerprint density at radius 1 is 1.14 bits per heavy atom. The molecular weight excluding hydrogens is 392 g/mol. The molecule has 0 aromatic heterocycles. The number of fused-ring (bicyclic) bond motifs is 2. The van der Waals surface area contributed by atoms with Gasteiger partial charge in [0.2, 0.25) is 0 Å². The summed E-state index contributed by atoms with van der Waals surface area (Å²) in [7, 11) is 0. The molecule has 2 rings (SSSR count). The van der Waals surface area contributed by atoms with E-state index >= 15 is 0 Å². The summed E-state index contributed by atoms with van der Waals surface area (Å²) in [5.41, 5.74) is 0.239. The van der Waals surface area contributed by atoms with Gasteiger partial charge in [-0.3, -0.25) is 13.8 Å². The Balaban J connectivity index is 1.71. The fourth-order valence-corrected chi connectivity index (χ4v) is 3.70. The van der Waals surface area contributed by atoms with Crippen molar-refractivity contribution in [2.45, 2.75) is 44.8 Å². The lowest BCUT2D eigenvalue weighted by molar-refractivity contribution is -0.158. The number of esters is 3. The molecule has 0 aromatic rings. The molecule has 9 nitrogen and oxygen atoms in total. The molecule has 2 bridgehead atoms. The third-order valence-electron chi connectivity index (χ3n) is 4.53. The molecule has 2 aliphatic carbocycles. The number of rotatable bonds is 10. The van der Waals surface area contributed by atoms with Gasteiger partial charge in [0.1, 0.15) is 25.4 Å². The summed E-state index contributed by atoms with van der Waals surface area (Å²) < 4.78 is 41.8. The summed E-state index contributed by atoms with van der Waals surface area (Å²) in [5, 5.41) is 0. The van der Waals surface area contributed by atoms with Gasteiger partial charge in [-0.2, -0.15) is 0 Å². The van der Waals surface area contributed by atoms with Crippen molar-refractivity contribution in [3.63, 3.8) is 0 Å². The maximum Gasteiger partial charge on any atom is 0.333 e. The van der Waals surface area contributed by atoms with E-state index in [4.69, 9.17) is 18.4 Å². The third-order valence-corrected chi connectivity index (χ3v) is 4.91. The van der Waals surface area contributed by atoms with E-state index in [0.29, 0.717) is 12.8 Å². The Morgan fingerprint density at radius 2 is 1.82 bits per heavy atom. The second kappa shape index (κ2) is 10.5. The molecule has 0 radical (unpaired) electrons. The van der Waals surface area contributed by atoms with Crippen molar-refractivity contribution in [1.82, 2.24) is 0 Å². The van der Waals surface area contributed by atoms with Gasteiger partial charge in [-0.15, -0.1) is 0 Å². The average Bonchev–Trinajstić information content (AvgIpc) is 2.86. The fourth-order valence-electron chi connectivity index (χ4n) is 3.25. The van der Waals surface area contributed by atoms with Crippen LogP contribution in [0.15, 0.2) is 24.3 Å². The van der Waals surface area contributed by atoms with Gasteiger partial charge < -0.3 is 18.8 Å². The van der Waals surface area contributed by atoms with Crippen LogP contribution in [-0.2, 0) is 44.1 Å². The molecule has 0 heterocycles. The third kappa shape index (κ3) is 6.54. The highest BCUT2D eigenvalue weighted by Gasteiger charge is 2.47. The van der Waals surface area contributed by atoms with Crippen LogP contribution in [0.1, 0.15) is 32.6 Å². The zero-order valence-corrected chi connectivity index (χ0v) is 16.3. The summed E-state index contributed by atoms with van der Waals surface area (Å²) in [4.78, 5) is 34.9. The van der Waals surface area contributed by atoms with Crippen molar-refractivity contribution in [3.8, 4) is 0 Å². The first kappa shape index (κ1) is 22.3. The Kier molecular flexibility index (Phi) is 8.34. The molecule has 0 saturated heterocycles. The molecule has 1 fully saturated rings. The van der Waals surface area contributed by atoms with Gasteiger partial charge in [-0.1, -0.05) is 18.7 Å². The van der Waals surface area contributed by atoms with Crippen molar-refractivity contribution in [2.24, 2.45) is 11.8 Å². The highest BCUT2D eigenvalue weighted by molar-refractivity contribution is 7.74. The predicted octanol–water partition coefficient (Wildman–Crippen LogP) is 1.12.